The van der Waals surface area contributed by atoms with Crippen molar-refractivity contribution < 1.29 is 4.52 Å². The van der Waals surface area contributed by atoms with Gasteiger partial charge < -0.3 is 4.52 Å². The van der Waals surface area contributed by atoms with Gasteiger partial charge in [-0.05, 0) is 12.3 Å². The summed E-state index contributed by atoms with van der Waals surface area (Å²) in [5.74, 6) is 4.15. The van der Waals surface area contributed by atoms with Crippen molar-refractivity contribution in [3.05, 3.63) is 17.5 Å². The number of hydrogen-bond donors (Lipinski definition) is 1. The number of aromatic amines is 1. The average molecular weight is 321 g/mol. The highest BCUT2D eigenvalue weighted by atomic mass is 32.2. The SMILES string of the molecule is CC(C)c1noc(CSc2n[nH]c(CCC3CCCC3)n2)n1. The number of aromatic nitrogens is 5. The fourth-order valence-electron chi connectivity index (χ4n) is 2.78. The highest BCUT2D eigenvalue weighted by molar-refractivity contribution is 7.98. The maximum absolute atomic E-state index is 5.22. The number of thioether (sulfide) groups is 1. The molecule has 0 amide bonds. The zero-order chi connectivity index (χ0) is 15.4. The third-order valence-corrected chi connectivity index (χ3v) is 4.93. The number of rotatable bonds is 7. The van der Waals surface area contributed by atoms with Crippen LogP contribution in [0.5, 0.6) is 0 Å². The Morgan fingerprint density at radius 3 is 2.82 bits per heavy atom. The Hall–Kier alpha value is -1.37. The lowest BCUT2D eigenvalue weighted by Crippen LogP contribution is -1.97. The van der Waals surface area contributed by atoms with Crippen LogP contribution < -0.4 is 0 Å². The van der Waals surface area contributed by atoms with Crippen LogP contribution in [0, 0.1) is 5.92 Å². The average Bonchev–Trinajstić information content (AvgIpc) is 3.24. The van der Waals surface area contributed by atoms with E-state index < -0.39 is 0 Å². The third kappa shape index (κ3) is 4.09. The summed E-state index contributed by atoms with van der Waals surface area (Å²) in [4.78, 5) is 8.89. The number of nitrogens with zero attached hydrogens (tertiary/aromatic N) is 4. The van der Waals surface area contributed by atoms with Crippen LogP contribution in [0.2, 0.25) is 0 Å². The Bertz CT molecular complexity index is 588. The van der Waals surface area contributed by atoms with Crippen molar-refractivity contribution in [2.75, 3.05) is 0 Å². The molecule has 3 rings (SSSR count). The standard InChI is InChI=1S/C15H23N5OS/c1-10(2)14-17-13(21-20-14)9-22-15-16-12(18-19-15)8-7-11-5-3-4-6-11/h10-11H,3-9H2,1-2H3,(H,16,18,19). The topological polar surface area (TPSA) is 80.5 Å². The van der Waals surface area contributed by atoms with Crippen LogP contribution in [0.15, 0.2) is 9.68 Å². The van der Waals surface area contributed by atoms with Gasteiger partial charge >= 0.3 is 0 Å². The van der Waals surface area contributed by atoms with Crippen LogP contribution in [0.25, 0.3) is 0 Å². The molecule has 1 aliphatic carbocycles. The first-order valence-corrected chi connectivity index (χ1v) is 9.06. The van der Waals surface area contributed by atoms with Crippen molar-refractivity contribution >= 4 is 11.8 Å². The molecule has 0 unspecified atom stereocenters. The summed E-state index contributed by atoms with van der Waals surface area (Å²) in [6.07, 6.45) is 7.77. The van der Waals surface area contributed by atoms with Gasteiger partial charge in [0.25, 0.3) is 0 Å². The number of nitrogens with one attached hydrogen (secondary N) is 1. The van der Waals surface area contributed by atoms with Gasteiger partial charge in [0.15, 0.2) is 5.82 Å². The number of H-pyrrole nitrogens is 1. The first-order chi connectivity index (χ1) is 10.7. The molecule has 0 aromatic carbocycles. The van der Waals surface area contributed by atoms with Crippen molar-refractivity contribution in [3.8, 4) is 0 Å². The van der Waals surface area contributed by atoms with Gasteiger partial charge in [0, 0.05) is 12.3 Å². The Morgan fingerprint density at radius 2 is 2.09 bits per heavy atom. The minimum atomic E-state index is 0.285. The molecule has 2 heterocycles. The lowest BCUT2D eigenvalue weighted by Gasteiger charge is -2.05. The molecule has 0 radical (unpaired) electrons. The molecule has 0 spiro atoms. The summed E-state index contributed by atoms with van der Waals surface area (Å²) in [5, 5.41) is 12.0. The zero-order valence-corrected chi connectivity index (χ0v) is 14.0. The van der Waals surface area contributed by atoms with Crippen molar-refractivity contribution in [2.45, 2.75) is 69.2 Å². The van der Waals surface area contributed by atoms with E-state index in [9.17, 15) is 0 Å². The van der Waals surface area contributed by atoms with Gasteiger partial charge in [-0.2, -0.15) is 4.98 Å². The van der Waals surface area contributed by atoms with E-state index in [1.165, 1.54) is 43.9 Å². The summed E-state index contributed by atoms with van der Waals surface area (Å²) in [6, 6.07) is 0. The van der Waals surface area contributed by atoms with Gasteiger partial charge in [-0.1, -0.05) is 56.4 Å². The molecule has 1 N–H and O–H groups in total. The maximum atomic E-state index is 5.22. The van der Waals surface area contributed by atoms with E-state index in [0.29, 0.717) is 11.6 Å². The summed E-state index contributed by atoms with van der Waals surface area (Å²) in [7, 11) is 0. The van der Waals surface area contributed by atoms with Crippen LogP contribution in [0.1, 0.15) is 69.4 Å². The molecular weight excluding hydrogens is 298 g/mol. The summed E-state index contributed by atoms with van der Waals surface area (Å²) >= 11 is 1.53. The van der Waals surface area contributed by atoms with Gasteiger partial charge in [-0.25, -0.2) is 4.98 Å². The highest BCUT2D eigenvalue weighted by Gasteiger charge is 2.16. The fourth-order valence-corrected chi connectivity index (χ4v) is 3.44. The largest absolute Gasteiger partial charge is 0.338 e. The van der Waals surface area contributed by atoms with E-state index in [0.717, 1.165) is 29.1 Å². The Balaban J connectivity index is 1.46. The van der Waals surface area contributed by atoms with Crippen LogP contribution in [-0.2, 0) is 12.2 Å². The smallest absolute Gasteiger partial charge is 0.237 e. The fraction of sp³-hybridized carbons (Fsp3) is 0.733. The molecule has 1 fully saturated rings. The maximum Gasteiger partial charge on any atom is 0.237 e. The molecular formula is C15H23N5OS. The Labute approximate surface area is 134 Å². The predicted molar refractivity (Wildman–Crippen MR) is 84.6 cm³/mol. The second kappa shape index (κ2) is 7.26. The summed E-state index contributed by atoms with van der Waals surface area (Å²) in [6.45, 7) is 4.10. The van der Waals surface area contributed by atoms with E-state index in [1.807, 2.05) is 13.8 Å². The quantitative estimate of drug-likeness (QED) is 0.783. The molecule has 22 heavy (non-hydrogen) atoms. The second-order valence-electron chi connectivity index (χ2n) is 6.24. The molecule has 1 aliphatic rings. The van der Waals surface area contributed by atoms with Gasteiger partial charge in [-0.3, -0.25) is 5.10 Å². The van der Waals surface area contributed by atoms with Gasteiger partial charge in [0.05, 0.1) is 5.75 Å². The van der Waals surface area contributed by atoms with Crippen molar-refractivity contribution in [2.24, 2.45) is 5.92 Å². The molecule has 0 atom stereocenters. The van der Waals surface area contributed by atoms with Crippen LogP contribution in [0.4, 0.5) is 0 Å². The van der Waals surface area contributed by atoms with Crippen LogP contribution >= 0.6 is 11.8 Å². The summed E-state index contributed by atoms with van der Waals surface area (Å²) < 4.78 is 5.22. The molecule has 0 aliphatic heterocycles. The van der Waals surface area contributed by atoms with Gasteiger partial charge in [-0.15, -0.1) is 5.10 Å². The molecule has 2 aromatic heterocycles. The summed E-state index contributed by atoms with van der Waals surface area (Å²) in [5.41, 5.74) is 0. The van der Waals surface area contributed by atoms with Crippen molar-refractivity contribution in [1.82, 2.24) is 25.3 Å². The van der Waals surface area contributed by atoms with Crippen molar-refractivity contribution in [1.29, 1.82) is 0 Å². The molecule has 120 valence electrons. The van der Waals surface area contributed by atoms with E-state index >= 15 is 0 Å². The Morgan fingerprint density at radius 1 is 1.27 bits per heavy atom. The normalized spacial score (nSPS) is 16.0. The molecule has 1 saturated carbocycles. The van der Waals surface area contributed by atoms with Crippen LogP contribution in [0.3, 0.4) is 0 Å². The molecule has 7 heteroatoms. The third-order valence-electron chi connectivity index (χ3n) is 4.10. The number of hydrogen-bond acceptors (Lipinski definition) is 6. The lowest BCUT2D eigenvalue weighted by molar-refractivity contribution is 0.383. The second-order valence-corrected chi connectivity index (χ2v) is 7.19. The van der Waals surface area contributed by atoms with Gasteiger partial charge in [0.1, 0.15) is 5.82 Å². The zero-order valence-electron chi connectivity index (χ0n) is 13.2. The first-order valence-electron chi connectivity index (χ1n) is 8.07. The molecule has 0 saturated heterocycles. The van der Waals surface area contributed by atoms with E-state index in [-0.39, 0.29) is 5.92 Å². The van der Waals surface area contributed by atoms with Gasteiger partial charge in [0.2, 0.25) is 11.0 Å². The Kier molecular flexibility index (Phi) is 5.12. The minimum Gasteiger partial charge on any atom is -0.338 e. The van der Waals surface area contributed by atoms with E-state index in [4.69, 9.17) is 4.52 Å². The lowest BCUT2D eigenvalue weighted by atomic mass is 10.0. The predicted octanol–water partition coefficient (Wildman–Crippen LogP) is 3.73. The first kappa shape index (κ1) is 15.5. The monoisotopic (exact) mass is 321 g/mol. The minimum absolute atomic E-state index is 0.285. The molecule has 6 nitrogen and oxygen atoms in total. The van der Waals surface area contributed by atoms with Crippen LogP contribution in [-0.4, -0.2) is 25.3 Å². The van der Waals surface area contributed by atoms with E-state index in [1.54, 1.807) is 0 Å². The molecule has 2 aromatic rings. The van der Waals surface area contributed by atoms with E-state index in [2.05, 4.69) is 25.3 Å². The number of aryl methyl sites for hydroxylation is 1. The molecule has 0 bridgehead atoms. The van der Waals surface area contributed by atoms with Crippen molar-refractivity contribution in [3.63, 3.8) is 0 Å². The highest BCUT2D eigenvalue weighted by Crippen LogP contribution is 2.28.